The van der Waals surface area contributed by atoms with Crippen LogP contribution in [0.5, 0.6) is 5.75 Å². The summed E-state index contributed by atoms with van der Waals surface area (Å²) in [6.45, 7) is 2.46. The first-order valence-electron chi connectivity index (χ1n) is 11.3. The molecule has 0 bridgehead atoms. The van der Waals surface area contributed by atoms with Crippen LogP contribution in [0, 0.1) is 0 Å². The van der Waals surface area contributed by atoms with Gasteiger partial charge in [0.1, 0.15) is 18.1 Å². The smallest absolute Gasteiger partial charge is 0.416 e. The molecule has 0 radical (unpaired) electrons. The molecular weight excluding hydrogens is 477 g/mol. The molecule has 1 aromatic heterocycles. The summed E-state index contributed by atoms with van der Waals surface area (Å²) in [4.78, 5) is 28.0. The van der Waals surface area contributed by atoms with E-state index in [-0.39, 0.29) is 18.3 Å². The summed E-state index contributed by atoms with van der Waals surface area (Å²) in [7, 11) is 1.31. The highest BCUT2D eigenvalue weighted by Gasteiger charge is 2.31. The lowest BCUT2D eigenvalue weighted by Gasteiger charge is -2.34. The number of hydrogen-bond donors (Lipinski definition) is 0. The van der Waals surface area contributed by atoms with Crippen molar-refractivity contribution in [1.82, 2.24) is 9.80 Å². The number of alkyl halides is 3. The summed E-state index contributed by atoms with van der Waals surface area (Å²) < 4.78 is 54.8. The standard InChI is InChI=1S/C26H25F3N2O5/c1-34-25(33)19-5-7-21(8-6-19)35-17-22-9-10-23(36-22)24(32)31-13-11-30(12-14-31)16-18-3-2-4-20(15-18)26(27,28)29/h2-10,15H,11-14,16-17H2,1H3. The van der Waals surface area contributed by atoms with Gasteiger partial charge in [-0.3, -0.25) is 9.69 Å². The summed E-state index contributed by atoms with van der Waals surface area (Å²) in [6, 6.07) is 15.0. The highest BCUT2D eigenvalue weighted by Crippen LogP contribution is 2.30. The molecule has 1 amide bonds. The number of carbonyl (C=O) groups excluding carboxylic acids is 2. The third kappa shape index (κ3) is 6.25. The van der Waals surface area contributed by atoms with Crippen LogP contribution in [0.4, 0.5) is 13.2 Å². The monoisotopic (exact) mass is 502 g/mol. The summed E-state index contributed by atoms with van der Waals surface area (Å²) in [5, 5.41) is 0. The third-order valence-electron chi connectivity index (χ3n) is 5.85. The molecule has 1 aliphatic heterocycles. The maximum absolute atomic E-state index is 12.9. The lowest BCUT2D eigenvalue weighted by atomic mass is 10.1. The fourth-order valence-electron chi connectivity index (χ4n) is 3.90. The number of hydrogen-bond acceptors (Lipinski definition) is 6. The second kappa shape index (κ2) is 10.9. The minimum absolute atomic E-state index is 0.107. The lowest BCUT2D eigenvalue weighted by Crippen LogP contribution is -2.48. The van der Waals surface area contributed by atoms with E-state index >= 15 is 0 Å². The Morgan fingerprint density at radius 3 is 2.36 bits per heavy atom. The maximum Gasteiger partial charge on any atom is 0.416 e. The quantitative estimate of drug-likeness (QED) is 0.439. The highest BCUT2D eigenvalue weighted by atomic mass is 19.4. The molecule has 10 heteroatoms. The number of rotatable bonds is 7. The molecule has 3 aromatic rings. The second-order valence-corrected chi connectivity index (χ2v) is 8.34. The van der Waals surface area contributed by atoms with E-state index in [0.29, 0.717) is 55.4 Å². The Labute approximate surface area is 206 Å². The van der Waals surface area contributed by atoms with Crippen molar-refractivity contribution in [3.05, 3.63) is 88.9 Å². The highest BCUT2D eigenvalue weighted by molar-refractivity contribution is 5.91. The van der Waals surface area contributed by atoms with Gasteiger partial charge < -0.3 is 18.8 Å². The molecule has 4 rings (SSSR count). The van der Waals surface area contributed by atoms with Gasteiger partial charge in [0.25, 0.3) is 5.91 Å². The Hall–Kier alpha value is -3.79. The van der Waals surface area contributed by atoms with Crippen molar-refractivity contribution in [2.24, 2.45) is 0 Å². The minimum atomic E-state index is -4.37. The maximum atomic E-state index is 12.9. The van der Waals surface area contributed by atoms with Gasteiger partial charge in [-0.05, 0) is 48.0 Å². The van der Waals surface area contributed by atoms with Crippen molar-refractivity contribution in [3.63, 3.8) is 0 Å². The number of halogens is 3. The van der Waals surface area contributed by atoms with Crippen molar-refractivity contribution in [3.8, 4) is 5.75 Å². The summed E-state index contributed by atoms with van der Waals surface area (Å²) in [6.07, 6.45) is -4.37. The Kier molecular flexibility index (Phi) is 7.64. The van der Waals surface area contributed by atoms with Gasteiger partial charge in [0.05, 0.1) is 18.2 Å². The van der Waals surface area contributed by atoms with Crippen LogP contribution < -0.4 is 4.74 Å². The van der Waals surface area contributed by atoms with Gasteiger partial charge in [-0.25, -0.2) is 4.79 Å². The van der Waals surface area contributed by atoms with Crippen molar-refractivity contribution in [2.45, 2.75) is 19.3 Å². The van der Waals surface area contributed by atoms with Gasteiger partial charge in [-0.15, -0.1) is 0 Å². The van der Waals surface area contributed by atoms with E-state index < -0.39 is 17.7 Å². The predicted octanol–water partition coefficient (Wildman–Crippen LogP) is 4.62. The van der Waals surface area contributed by atoms with Crippen LogP contribution in [0.1, 0.15) is 37.8 Å². The van der Waals surface area contributed by atoms with Crippen molar-refractivity contribution < 1.29 is 36.7 Å². The number of amides is 1. The SMILES string of the molecule is COC(=O)c1ccc(OCc2ccc(C(=O)N3CCN(Cc4cccc(C(F)(F)F)c4)CC3)o2)cc1. The molecule has 7 nitrogen and oxygen atoms in total. The predicted molar refractivity (Wildman–Crippen MR) is 123 cm³/mol. The normalized spacial score (nSPS) is 14.5. The number of carbonyl (C=O) groups is 2. The molecule has 0 saturated carbocycles. The van der Waals surface area contributed by atoms with E-state index in [4.69, 9.17) is 9.15 Å². The van der Waals surface area contributed by atoms with E-state index in [2.05, 4.69) is 4.74 Å². The zero-order chi connectivity index (χ0) is 25.7. The van der Waals surface area contributed by atoms with Gasteiger partial charge >= 0.3 is 12.1 Å². The summed E-state index contributed by atoms with van der Waals surface area (Å²) in [5.41, 5.74) is 0.329. The first-order chi connectivity index (χ1) is 17.2. The van der Waals surface area contributed by atoms with Crippen LogP contribution in [0.2, 0.25) is 0 Å². The number of methoxy groups -OCH3 is 1. The molecule has 36 heavy (non-hydrogen) atoms. The molecule has 0 spiro atoms. The molecule has 2 heterocycles. The minimum Gasteiger partial charge on any atom is -0.486 e. The number of furan rings is 1. The zero-order valence-corrected chi connectivity index (χ0v) is 19.6. The van der Waals surface area contributed by atoms with Crippen LogP contribution in [-0.4, -0.2) is 55.0 Å². The Morgan fingerprint density at radius 1 is 0.972 bits per heavy atom. The van der Waals surface area contributed by atoms with Crippen molar-refractivity contribution in [2.75, 3.05) is 33.3 Å². The molecule has 1 aliphatic rings. The third-order valence-corrected chi connectivity index (χ3v) is 5.85. The molecule has 0 N–H and O–H groups in total. The molecule has 2 aromatic carbocycles. The van der Waals surface area contributed by atoms with Gasteiger partial charge in [-0.2, -0.15) is 13.2 Å². The molecule has 1 saturated heterocycles. The largest absolute Gasteiger partial charge is 0.486 e. The van der Waals surface area contributed by atoms with Gasteiger partial charge in [0.2, 0.25) is 0 Å². The average molecular weight is 502 g/mol. The Bertz CT molecular complexity index is 1200. The van der Waals surface area contributed by atoms with Gasteiger partial charge in [0, 0.05) is 32.7 Å². The van der Waals surface area contributed by atoms with Crippen LogP contribution in [0.15, 0.2) is 65.1 Å². The lowest BCUT2D eigenvalue weighted by molar-refractivity contribution is -0.137. The molecule has 0 atom stereocenters. The van der Waals surface area contributed by atoms with Crippen LogP contribution >= 0.6 is 0 Å². The van der Waals surface area contributed by atoms with E-state index in [1.165, 1.54) is 13.2 Å². The molecule has 0 unspecified atom stereocenters. The van der Waals surface area contributed by atoms with Crippen LogP contribution in [0.3, 0.4) is 0 Å². The first-order valence-corrected chi connectivity index (χ1v) is 11.3. The molecule has 190 valence electrons. The van der Waals surface area contributed by atoms with E-state index in [0.717, 1.165) is 12.1 Å². The zero-order valence-electron chi connectivity index (χ0n) is 19.6. The topological polar surface area (TPSA) is 72.2 Å². The Balaban J connectivity index is 1.26. The number of esters is 1. The molecule has 1 fully saturated rings. The van der Waals surface area contributed by atoms with Crippen molar-refractivity contribution in [1.29, 1.82) is 0 Å². The van der Waals surface area contributed by atoms with Gasteiger partial charge in [0.15, 0.2) is 5.76 Å². The molecule has 0 aliphatic carbocycles. The average Bonchev–Trinajstić information content (AvgIpc) is 3.36. The number of piperazine rings is 1. The van der Waals surface area contributed by atoms with Crippen molar-refractivity contribution >= 4 is 11.9 Å². The van der Waals surface area contributed by atoms with E-state index in [9.17, 15) is 22.8 Å². The second-order valence-electron chi connectivity index (χ2n) is 8.34. The Morgan fingerprint density at radius 2 is 1.69 bits per heavy atom. The van der Waals surface area contributed by atoms with Gasteiger partial charge in [-0.1, -0.05) is 18.2 Å². The summed E-state index contributed by atoms with van der Waals surface area (Å²) in [5.74, 6) is 0.512. The fraction of sp³-hybridized carbons (Fsp3) is 0.308. The summed E-state index contributed by atoms with van der Waals surface area (Å²) >= 11 is 0. The van der Waals surface area contributed by atoms with E-state index in [1.807, 2.05) is 4.90 Å². The first kappa shape index (κ1) is 25.3. The van der Waals surface area contributed by atoms with E-state index in [1.54, 1.807) is 47.4 Å². The van der Waals surface area contributed by atoms with Crippen LogP contribution in [-0.2, 0) is 24.1 Å². The number of nitrogens with zero attached hydrogens (tertiary/aromatic N) is 2. The number of ether oxygens (including phenoxy) is 2. The fourth-order valence-corrected chi connectivity index (χ4v) is 3.90. The van der Waals surface area contributed by atoms with Crippen LogP contribution in [0.25, 0.3) is 0 Å². The molecular formula is C26H25F3N2O5. The number of benzene rings is 2.